The smallest absolute Gasteiger partial charge is 0.307 e. The highest BCUT2D eigenvalue weighted by Crippen LogP contribution is 2.45. The maximum absolute atomic E-state index is 12.5. The van der Waals surface area contributed by atoms with Gasteiger partial charge in [-0.3, -0.25) is 14.5 Å². The van der Waals surface area contributed by atoms with Crippen molar-refractivity contribution < 1.29 is 29.3 Å². The number of unbranched alkanes of at least 4 members (excludes halogenated alkanes) is 2. The number of aliphatic hydroxyl groups is 2. The molecule has 2 aliphatic carbocycles. The van der Waals surface area contributed by atoms with E-state index in [0.29, 0.717) is 45.9 Å². The normalized spacial score (nSPS) is 20.2. The van der Waals surface area contributed by atoms with Crippen molar-refractivity contribution in [2.75, 3.05) is 88.7 Å². The van der Waals surface area contributed by atoms with E-state index in [4.69, 9.17) is 9.47 Å². The largest absolute Gasteiger partial charge is 0.465 e. The number of carbonyl (C=O) groups excluding carboxylic acids is 2. The molecule has 0 bridgehead atoms. The van der Waals surface area contributed by atoms with Crippen LogP contribution in [0.3, 0.4) is 0 Å². The quantitative estimate of drug-likeness (QED) is 0.0403. The topological polar surface area (TPSA) is 99.5 Å². The molecule has 8 nitrogen and oxygen atoms in total. The first kappa shape index (κ1) is 43.3. The summed E-state index contributed by atoms with van der Waals surface area (Å²) in [6, 6.07) is 0. The third kappa shape index (κ3) is 23.3. The zero-order chi connectivity index (χ0) is 34.0. The monoisotopic (exact) mass is 738 g/mol. The van der Waals surface area contributed by atoms with Crippen LogP contribution in [-0.2, 0) is 19.1 Å². The molecule has 0 saturated heterocycles. The van der Waals surface area contributed by atoms with Gasteiger partial charge in [0.2, 0.25) is 0 Å². The maximum Gasteiger partial charge on any atom is 0.307 e. The second-order valence-corrected chi connectivity index (χ2v) is 18.4. The second-order valence-electron chi connectivity index (χ2n) is 13.0. The van der Waals surface area contributed by atoms with Crippen LogP contribution in [0, 0.1) is 23.7 Å². The highest BCUT2D eigenvalue weighted by Gasteiger charge is 2.34. The fraction of sp³-hybridized carbons (Fsp3) is 0.943. The van der Waals surface area contributed by atoms with Crippen LogP contribution in [0.1, 0.15) is 97.3 Å². The van der Waals surface area contributed by atoms with E-state index in [9.17, 15) is 19.8 Å². The SMILES string of the molecule is CCC1CC1CCCCSSCCOC(=O)CCN(CCCN(CCO)CCO)CCC(=O)OCCSSCCCCC1CC1CC. The average molecular weight is 739 g/mol. The van der Waals surface area contributed by atoms with Crippen molar-refractivity contribution in [2.45, 2.75) is 97.3 Å². The summed E-state index contributed by atoms with van der Waals surface area (Å²) in [5.74, 6) is 7.51. The summed E-state index contributed by atoms with van der Waals surface area (Å²) >= 11 is 0. The van der Waals surface area contributed by atoms with Gasteiger partial charge in [-0.2, -0.15) is 0 Å². The number of hydrogen-bond donors (Lipinski definition) is 2. The highest BCUT2D eigenvalue weighted by atomic mass is 33.1. The van der Waals surface area contributed by atoms with Crippen molar-refractivity contribution in [3.05, 3.63) is 0 Å². The molecule has 0 aromatic heterocycles. The third-order valence-electron chi connectivity index (χ3n) is 9.36. The minimum absolute atomic E-state index is 0.0503. The molecule has 0 heterocycles. The fourth-order valence-electron chi connectivity index (χ4n) is 6.19. The van der Waals surface area contributed by atoms with E-state index in [1.807, 2.05) is 26.5 Å². The summed E-state index contributed by atoms with van der Waals surface area (Å²) in [6.45, 7) is 9.10. The highest BCUT2D eigenvalue weighted by molar-refractivity contribution is 8.77. The van der Waals surface area contributed by atoms with Crippen LogP contribution >= 0.6 is 43.2 Å². The summed E-state index contributed by atoms with van der Waals surface area (Å²) < 4.78 is 11.0. The van der Waals surface area contributed by atoms with E-state index in [-0.39, 0.29) is 38.0 Å². The summed E-state index contributed by atoms with van der Waals surface area (Å²) in [7, 11) is 7.33. The van der Waals surface area contributed by atoms with E-state index >= 15 is 0 Å². The number of hydrogen-bond acceptors (Lipinski definition) is 12. The first-order chi connectivity index (χ1) is 23.0. The van der Waals surface area contributed by atoms with E-state index in [1.54, 1.807) is 21.6 Å². The molecular weight excluding hydrogens is 673 g/mol. The number of esters is 2. The molecule has 12 heteroatoms. The van der Waals surface area contributed by atoms with Gasteiger partial charge in [0, 0.05) is 49.2 Å². The molecule has 2 N–H and O–H groups in total. The molecular formula is C35H66N2O6S4. The summed E-state index contributed by atoms with van der Waals surface area (Å²) in [6.07, 6.45) is 14.9. The Balaban J connectivity index is 1.53. The Labute approximate surface area is 302 Å². The first-order valence-electron chi connectivity index (χ1n) is 18.5. The predicted molar refractivity (Wildman–Crippen MR) is 204 cm³/mol. The van der Waals surface area contributed by atoms with E-state index < -0.39 is 0 Å². The van der Waals surface area contributed by atoms with Crippen LogP contribution in [0.4, 0.5) is 0 Å². The Hall–Kier alpha value is 0.180. The summed E-state index contributed by atoms with van der Waals surface area (Å²) in [4.78, 5) is 29.1. The Morgan fingerprint density at radius 1 is 0.574 bits per heavy atom. The molecule has 0 aromatic carbocycles. The van der Waals surface area contributed by atoms with E-state index in [0.717, 1.165) is 59.6 Å². The van der Waals surface area contributed by atoms with Gasteiger partial charge in [-0.25, -0.2) is 0 Å². The fourth-order valence-corrected chi connectivity index (χ4v) is 10.1. The molecule has 4 atom stereocenters. The van der Waals surface area contributed by atoms with Gasteiger partial charge in [-0.05, 0) is 68.9 Å². The Kier molecular flexibility index (Phi) is 26.6. The molecule has 0 amide bonds. The lowest BCUT2D eigenvalue weighted by atomic mass is 10.1. The summed E-state index contributed by atoms with van der Waals surface area (Å²) in [5, 5.41) is 18.6. The second kappa shape index (κ2) is 28.8. The molecule has 47 heavy (non-hydrogen) atoms. The van der Waals surface area contributed by atoms with Gasteiger partial charge in [0.1, 0.15) is 13.2 Å². The number of nitrogens with zero attached hydrogens (tertiary/aromatic N) is 2. The molecule has 276 valence electrons. The molecule has 2 aliphatic rings. The maximum atomic E-state index is 12.5. The van der Waals surface area contributed by atoms with Crippen LogP contribution in [-0.4, -0.2) is 121 Å². The lowest BCUT2D eigenvalue weighted by Gasteiger charge is -2.24. The van der Waals surface area contributed by atoms with Crippen molar-refractivity contribution in [3.63, 3.8) is 0 Å². The van der Waals surface area contributed by atoms with E-state index in [2.05, 4.69) is 18.7 Å². The van der Waals surface area contributed by atoms with Gasteiger partial charge in [0.25, 0.3) is 0 Å². The average Bonchev–Trinajstić information content (AvgIpc) is 4.00. The van der Waals surface area contributed by atoms with E-state index in [1.165, 1.54) is 64.2 Å². The van der Waals surface area contributed by atoms with Crippen molar-refractivity contribution >= 4 is 55.1 Å². The molecule has 0 radical (unpaired) electrons. The van der Waals surface area contributed by atoms with Crippen LogP contribution in [0.2, 0.25) is 0 Å². The molecule has 2 saturated carbocycles. The van der Waals surface area contributed by atoms with Crippen molar-refractivity contribution in [2.24, 2.45) is 23.7 Å². The van der Waals surface area contributed by atoms with Gasteiger partial charge in [0.15, 0.2) is 0 Å². The Morgan fingerprint density at radius 2 is 1.00 bits per heavy atom. The van der Waals surface area contributed by atoms with Crippen LogP contribution in [0.5, 0.6) is 0 Å². The number of carbonyl (C=O) groups is 2. The third-order valence-corrected chi connectivity index (χ3v) is 14.3. The van der Waals surface area contributed by atoms with Gasteiger partial charge in [0.05, 0.1) is 26.1 Å². The molecule has 0 spiro atoms. The first-order valence-corrected chi connectivity index (χ1v) is 23.4. The predicted octanol–water partition coefficient (Wildman–Crippen LogP) is 7.03. The number of ether oxygens (including phenoxy) is 2. The van der Waals surface area contributed by atoms with Crippen LogP contribution < -0.4 is 0 Å². The Morgan fingerprint density at radius 3 is 1.40 bits per heavy atom. The van der Waals surface area contributed by atoms with Gasteiger partial charge in [-0.15, -0.1) is 0 Å². The van der Waals surface area contributed by atoms with Gasteiger partial charge < -0.3 is 24.6 Å². The lowest BCUT2D eigenvalue weighted by molar-refractivity contribution is -0.143. The molecule has 4 unspecified atom stereocenters. The molecule has 0 aliphatic heterocycles. The van der Waals surface area contributed by atoms with Crippen molar-refractivity contribution in [1.29, 1.82) is 0 Å². The zero-order valence-electron chi connectivity index (χ0n) is 29.5. The zero-order valence-corrected chi connectivity index (χ0v) is 32.7. The van der Waals surface area contributed by atoms with Gasteiger partial charge >= 0.3 is 11.9 Å². The summed E-state index contributed by atoms with van der Waals surface area (Å²) in [5.41, 5.74) is 0. The van der Waals surface area contributed by atoms with Crippen LogP contribution in [0.15, 0.2) is 0 Å². The minimum Gasteiger partial charge on any atom is -0.465 e. The molecule has 2 fully saturated rings. The van der Waals surface area contributed by atoms with Crippen molar-refractivity contribution in [3.8, 4) is 0 Å². The Bertz CT molecular complexity index is 743. The lowest BCUT2D eigenvalue weighted by Crippen LogP contribution is -2.35. The van der Waals surface area contributed by atoms with Gasteiger partial charge in [-0.1, -0.05) is 95.5 Å². The standard InChI is InChI=1S/C35H66N2O6S4/c1-3-30-28-32(30)10-5-7-24-44-46-26-22-42-34(40)12-16-36(14-9-15-37(18-20-38)19-21-39)17-13-35(41)43-23-27-47-45-25-8-6-11-33-29-31(33)4-2/h30-33,38-39H,3-29H2,1-2H3. The van der Waals surface area contributed by atoms with Crippen molar-refractivity contribution in [1.82, 2.24) is 9.80 Å². The van der Waals surface area contributed by atoms with Crippen LogP contribution in [0.25, 0.3) is 0 Å². The number of aliphatic hydroxyl groups excluding tert-OH is 2. The minimum atomic E-state index is -0.201. The molecule has 2 rings (SSSR count). The molecule has 0 aromatic rings. The number of rotatable bonds is 34.